The summed E-state index contributed by atoms with van der Waals surface area (Å²) in [6.45, 7) is 1.55. The van der Waals surface area contributed by atoms with Crippen LogP contribution in [0.1, 0.15) is 5.69 Å². The molecule has 5 nitrogen and oxygen atoms in total. The van der Waals surface area contributed by atoms with Crippen molar-refractivity contribution in [1.29, 1.82) is 0 Å². The van der Waals surface area contributed by atoms with Crippen LogP contribution in [0.2, 0.25) is 15.1 Å². The molecule has 3 rings (SSSR count). The highest BCUT2D eigenvalue weighted by molar-refractivity contribution is 6.38. The number of hydrogen-bond donors (Lipinski definition) is 1. The number of hydrogen-bond acceptors (Lipinski definition) is 4. The lowest BCUT2D eigenvalue weighted by Gasteiger charge is -2.19. The van der Waals surface area contributed by atoms with Crippen LogP contribution in [0.3, 0.4) is 0 Å². The lowest BCUT2D eigenvalue weighted by Crippen LogP contribution is -2.15. The van der Waals surface area contributed by atoms with Gasteiger partial charge in [-0.3, -0.25) is 4.79 Å². The Morgan fingerprint density at radius 2 is 1.88 bits per heavy atom. The summed E-state index contributed by atoms with van der Waals surface area (Å²) < 4.78 is 7.10. The summed E-state index contributed by atoms with van der Waals surface area (Å²) in [6, 6.07) is 6.56. The number of aliphatic hydroxyl groups is 1. The number of benzene rings is 1. The van der Waals surface area contributed by atoms with E-state index in [1.165, 1.54) is 12.3 Å². The number of halogens is 3. The molecule has 1 aromatic carbocycles. The van der Waals surface area contributed by atoms with Gasteiger partial charge in [0.1, 0.15) is 12.0 Å². The fourth-order valence-electron chi connectivity index (χ4n) is 2.65. The second-order valence-corrected chi connectivity index (χ2v) is 6.48. The molecule has 0 aliphatic carbocycles. The molecular formula is C17H13Cl3N2O3. The number of aliphatic hydroxyl groups excluding tert-OH is 1. The molecule has 0 spiro atoms. The Hall–Kier alpha value is -1.79. The third kappa shape index (κ3) is 3.20. The smallest absolute Gasteiger partial charge is 0.227 e. The Labute approximate surface area is 158 Å². The molecule has 0 atom stereocenters. The molecule has 130 valence electrons. The predicted molar refractivity (Wildman–Crippen MR) is 99.7 cm³/mol. The Kier molecular flexibility index (Phi) is 5.20. The van der Waals surface area contributed by atoms with Crippen LogP contribution in [-0.4, -0.2) is 27.9 Å². The number of aryl methyl sites for hydroxylation is 1. The van der Waals surface area contributed by atoms with Gasteiger partial charge >= 0.3 is 0 Å². The number of rotatable bonds is 4. The SMILES string of the molecule is Cc1cc(=O)c2c(OCCO)ncc(Cl)c2n1-c1c(Cl)cccc1Cl. The lowest BCUT2D eigenvalue weighted by atomic mass is 10.2. The number of aromatic nitrogens is 2. The van der Waals surface area contributed by atoms with Crippen LogP contribution in [0.25, 0.3) is 16.6 Å². The fraction of sp³-hybridized carbons (Fsp3) is 0.176. The molecule has 0 radical (unpaired) electrons. The molecule has 2 heterocycles. The van der Waals surface area contributed by atoms with Crippen molar-refractivity contribution in [3.63, 3.8) is 0 Å². The van der Waals surface area contributed by atoms with Gasteiger partial charge in [-0.1, -0.05) is 40.9 Å². The Bertz CT molecular complexity index is 998. The first-order valence-electron chi connectivity index (χ1n) is 7.34. The number of fused-ring (bicyclic) bond motifs is 1. The summed E-state index contributed by atoms with van der Waals surface area (Å²) in [6.07, 6.45) is 1.39. The van der Waals surface area contributed by atoms with Crippen molar-refractivity contribution < 1.29 is 9.84 Å². The summed E-state index contributed by atoms with van der Waals surface area (Å²) >= 11 is 19.0. The predicted octanol–water partition coefficient (Wildman–Crippen LogP) is 4.03. The highest BCUT2D eigenvalue weighted by Gasteiger charge is 2.20. The van der Waals surface area contributed by atoms with E-state index in [9.17, 15) is 4.79 Å². The van der Waals surface area contributed by atoms with Crippen LogP contribution < -0.4 is 10.2 Å². The highest BCUT2D eigenvalue weighted by Crippen LogP contribution is 2.35. The van der Waals surface area contributed by atoms with Gasteiger partial charge in [-0.05, 0) is 19.1 Å². The van der Waals surface area contributed by atoms with E-state index < -0.39 is 0 Å². The Balaban J connectivity index is 2.47. The molecule has 0 aliphatic rings. The zero-order chi connectivity index (χ0) is 18.1. The summed E-state index contributed by atoms with van der Waals surface area (Å²) in [7, 11) is 0. The highest BCUT2D eigenvalue weighted by atomic mass is 35.5. The van der Waals surface area contributed by atoms with Crippen molar-refractivity contribution in [2.45, 2.75) is 6.92 Å². The topological polar surface area (TPSA) is 64.3 Å². The van der Waals surface area contributed by atoms with Crippen LogP contribution in [-0.2, 0) is 0 Å². The van der Waals surface area contributed by atoms with Crippen molar-refractivity contribution in [2.24, 2.45) is 0 Å². The maximum Gasteiger partial charge on any atom is 0.227 e. The monoisotopic (exact) mass is 398 g/mol. The third-order valence-corrected chi connectivity index (χ3v) is 4.51. The Morgan fingerprint density at radius 1 is 1.20 bits per heavy atom. The quantitative estimate of drug-likeness (QED) is 0.719. The van der Waals surface area contributed by atoms with Gasteiger partial charge < -0.3 is 14.4 Å². The molecule has 3 aromatic rings. The number of nitrogens with zero attached hydrogens (tertiary/aromatic N) is 2. The van der Waals surface area contributed by atoms with Gasteiger partial charge in [0, 0.05) is 11.8 Å². The van der Waals surface area contributed by atoms with Gasteiger partial charge in [0.2, 0.25) is 5.88 Å². The fourth-order valence-corrected chi connectivity index (χ4v) is 3.44. The first-order valence-corrected chi connectivity index (χ1v) is 8.48. The van der Waals surface area contributed by atoms with Crippen LogP contribution in [0.5, 0.6) is 5.88 Å². The van der Waals surface area contributed by atoms with Gasteiger partial charge in [0.05, 0.1) is 39.1 Å². The molecule has 2 aromatic heterocycles. The molecule has 0 bridgehead atoms. The van der Waals surface area contributed by atoms with Crippen LogP contribution in [0.4, 0.5) is 0 Å². The normalized spacial score (nSPS) is 11.1. The van der Waals surface area contributed by atoms with E-state index in [1.54, 1.807) is 29.7 Å². The number of pyridine rings is 2. The van der Waals surface area contributed by atoms with Gasteiger partial charge in [-0.2, -0.15) is 0 Å². The Morgan fingerprint density at radius 3 is 2.52 bits per heavy atom. The van der Waals surface area contributed by atoms with E-state index in [1.807, 2.05) is 0 Å². The standard InChI is InChI=1S/C17H13Cl3N2O3/c1-9-7-13(24)14-16(12(20)8-21-17(14)25-6-5-23)22(9)15-10(18)3-2-4-11(15)19/h2-4,7-8,23H,5-6H2,1H3. The van der Waals surface area contributed by atoms with Crippen molar-refractivity contribution in [3.05, 3.63) is 61.4 Å². The van der Waals surface area contributed by atoms with Crippen LogP contribution >= 0.6 is 34.8 Å². The van der Waals surface area contributed by atoms with Crippen molar-refractivity contribution in [3.8, 4) is 11.6 Å². The maximum atomic E-state index is 12.6. The molecule has 0 fully saturated rings. The van der Waals surface area contributed by atoms with E-state index in [-0.39, 0.29) is 34.9 Å². The van der Waals surface area contributed by atoms with Crippen molar-refractivity contribution in [1.82, 2.24) is 9.55 Å². The summed E-state index contributed by atoms with van der Waals surface area (Å²) in [5.74, 6) is 0.0929. The van der Waals surface area contributed by atoms with E-state index in [0.717, 1.165) is 0 Å². The average Bonchev–Trinajstić information content (AvgIpc) is 2.56. The minimum absolute atomic E-state index is 0.00387. The molecule has 25 heavy (non-hydrogen) atoms. The van der Waals surface area contributed by atoms with E-state index in [4.69, 9.17) is 44.6 Å². The third-order valence-electron chi connectivity index (χ3n) is 3.63. The first kappa shape index (κ1) is 18.0. The summed E-state index contributed by atoms with van der Waals surface area (Å²) in [5, 5.41) is 10.2. The molecule has 0 saturated heterocycles. The maximum absolute atomic E-state index is 12.6. The lowest BCUT2D eigenvalue weighted by molar-refractivity contribution is 0.198. The first-order chi connectivity index (χ1) is 12.0. The van der Waals surface area contributed by atoms with Crippen molar-refractivity contribution >= 4 is 45.7 Å². The van der Waals surface area contributed by atoms with Crippen LogP contribution in [0, 0.1) is 6.92 Å². The van der Waals surface area contributed by atoms with E-state index in [2.05, 4.69) is 4.98 Å². The van der Waals surface area contributed by atoms with Gasteiger partial charge in [-0.15, -0.1) is 0 Å². The minimum Gasteiger partial charge on any atom is -0.475 e. The van der Waals surface area contributed by atoms with E-state index >= 15 is 0 Å². The van der Waals surface area contributed by atoms with Gasteiger partial charge in [0.15, 0.2) is 5.43 Å². The average molecular weight is 400 g/mol. The molecule has 0 saturated carbocycles. The van der Waals surface area contributed by atoms with Gasteiger partial charge in [0.25, 0.3) is 0 Å². The minimum atomic E-state index is -0.296. The summed E-state index contributed by atoms with van der Waals surface area (Å²) in [4.78, 5) is 16.6. The molecule has 8 heteroatoms. The second kappa shape index (κ2) is 7.22. The molecule has 0 aliphatic heterocycles. The largest absolute Gasteiger partial charge is 0.475 e. The second-order valence-electron chi connectivity index (χ2n) is 5.26. The summed E-state index contributed by atoms with van der Waals surface area (Å²) in [5.41, 5.74) is 1.21. The molecule has 1 N–H and O–H groups in total. The molecule has 0 unspecified atom stereocenters. The van der Waals surface area contributed by atoms with Crippen LogP contribution in [0.15, 0.2) is 35.3 Å². The molecular weight excluding hydrogens is 387 g/mol. The van der Waals surface area contributed by atoms with E-state index in [0.29, 0.717) is 26.9 Å². The number of para-hydroxylation sites is 1. The zero-order valence-electron chi connectivity index (χ0n) is 13.1. The van der Waals surface area contributed by atoms with Gasteiger partial charge in [-0.25, -0.2) is 4.98 Å². The van der Waals surface area contributed by atoms with Crippen molar-refractivity contribution in [2.75, 3.05) is 13.2 Å². The molecule has 0 amide bonds. The zero-order valence-corrected chi connectivity index (χ0v) is 15.4. The number of ether oxygens (including phenoxy) is 1.